The van der Waals surface area contributed by atoms with Gasteiger partial charge in [-0.3, -0.25) is 4.90 Å². The van der Waals surface area contributed by atoms with Crippen molar-refractivity contribution in [2.75, 3.05) is 19.7 Å². The molecule has 2 nitrogen and oxygen atoms in total. The number of nitrogens with zero attached hydrogens (tertiary/aromatic N) is 1. The molecule has 1 aromatic rings. The van der Waals surface area contributed by atoms with Gasteiger partial charge in [-0.15, -0.1) is 0 Å². The largest absolute Gasteiger partial charge is 0.395 e. The van der Waals surface area contributed by atoms with Crippen LogP contribution in [0.2, 0.25) is 5.02 Å². The van der Waals surface area contributed by atoms with Crippen molar-refractivity contribution in [2.24, 2.45) is 0 Å². The van der Waals surface area contributed by atoms with Crippen LogP contribution in [-0.2, 0) is 6.54 Å². The fraction of sp³-hybridized carbons (Fsp3) is 0.455. The lowest BCUT2D eigenvalue weighted by Crippen LogP contribution is -2.31. The van der Waals surface area contributed by atoms with Gasteiger partial charge in [0.15, 0.2) is 0 Å². The molecule has 0 fully saturated rings. The first-order valence-electron chi connectivity index (χ1n) is 5.08. The second-order valence-electron chi connectivity index (χ2n) is 3.59. The number of benzene rings is 1. The van der Waals surface area contributed by atoms with Crippen molar-refractivity contribution >= 4 is 11.6 Å². The molecule has 1 N–H and O–H groups in total. The van der Waals surface area contributed by atoms with Crippen LogP contribution in [0.25, 0.3) is 0 Å². The van der Waals surface area contributed by atoms with E-state index in [0.29, 0.717) is 10.6 Å². The number of hydrogen-bond acceptors (Lipinski definition) is 2. The van der Waals surface area contributed by atoms with Gasteiger partial charge in [0.2, 0.25) is 0 Å². The standard InChI is InChI=1S/C11H13ClF3NO/c12-10-2-1-9(13)5-8(10)6-16(3-4-17)7-11(14)15/h1-2,5,11,17H,3-4,6-7H2. The van der Waals surface area contributed by atoms with Crippen LogP contribution >= 0.6 is 11.6 Å². The molecule has 0 heterocycles. The quantitative estimate of drug-likeness (QED) is 0.856. The smallest absolute Gasteiger partial charge is 0.251 e. The lowest BCUT2D eigenvalue weighted by Gasteiger charge is -2.21. The zero-order valence-electron chi connectivity index (χ0n) is 9.04. The van der Waals surface area contributed by atoms with Crippen LogP contribution in [-0.4, -0.2) is 36.1 Å². The summed E-state index contributed by atoms with van der Waals surface area (Å²) in [6, 6.07) is 3.79. The number of aliphatic hydroxyl groups excluding tert-OH is 1. The van der Waals surface area contributed by atoms with E-state index in [9.17, 15) is 13.2 Å². The monoisotopic (exact) mass is 267 g/mol. The van der Waals surface area contributed by atoms with Gasteiger partial charge in [-0.25, -0.2) is 13.2 Å². The van der Waals surface area contributed by atoms with Crippen LogP contribution in [0.15, 0.2) is 18.2 Å². The third-order valence-electron chi connectivity index (χ3n) is 2.21. The molecule has 0 bridgehead atoms. The summed E-state index contributed by atoms with van der Waals surface area (Å²) in [5.41, 5.74) is 0.431. The van der Waals surface area contributed by atoms with Crippen molar-refractivity contribution in [1.29, 1.82) is 0 Å². The van der Waals surface area contributed by atoms with E-state index in [4.69, 9.17) is 16.7 Å². The highest BCUT2D eigenvalue weighted by molar-refractivity contribution is 6.31. The lowest BCUT2D eigenvalue weighted by molar-refractivity contribution is 0.0746. The predicted octanol–water partition coefficient (Wildman–Crippen LogP) is 2.54. The third-order valence-corrected chi connectivity index (χ3v) is 2.58. The van der Waals surface area contributed by atoms with Crippen LogP contribution in [0.5, 0.6) is 0 Å². The van der Waals surface area contributed by atoms with E-state index in [0.717, 1.165) is 0 Å². The van der Waals surface area contributed by atoms with Gasteiger partial charge in [0.05, 0.1) is 13.2 Å². The normalized spacial score (nSPS) is 11.5. The zero-order chi connectivity index (χ0) is 12.8. The Balaban J connectivity index is 2.74. The fourth-order valence-electron chi connectivity index (χ4n) is 1.48. The minimum absolute atomic E-state index is 0.0848. The van der Waals surface area contributed by atoms with Crippen molar-refractivity contribution in [3.05, 3.63) is 34.6 Å². The molecule has 1 aromatic carbocycles. The van der Waals surface area contributed by atoms with Crippen molar-refractivity contribution in [2.45, 2.75) is 13.0 Å². The number of aliphatic hydroxyl groups is 1. The van der Waals surface area contributed by atoms with Crippen LogP contribution in [0, 0.1) is 5.82 Å². The molecule has 0 aromatic heterocycles. The van der Waals surface area contributed by atoms with Crippen LogP contribution in [0.1, 0.15) is 5.56 Å². The first-order valence-corrected chi connectivity index (χ1v) is 5.46. The molecule has 0 spiro atoms. The molecule has 0 atom stereocenters. The third kappa shape index (κ3) is 4.93. The van der Waals surface area contributed by atoms with E-state index < -0.39 is 18.8 Å². The molecule has 96 valence electrons. The summed E-state index contributed by atoms with van der Waals surface area (Å²) in [6.07, 6.45) is -2.51. The maximum absolute atomic E-state index is 13.0. The minimum atomic E-state index is -2.51. The van der Waals surface area contributed by atoms with Gasteiger partial charge in [-0.1, -0.05) is 11.6 Å². The van der Waals surface area contributed by atoms with E-state index in [1.54, 1.807) is 0 Å². The summed E-state index contributed by atoms with van der Waals surface area (Å²) in [5, 5.41) is 9.08. The number of hydrogen-bond donors (Lipinski definition) is 1. The Morgan fingerprint density at radius 2 is 2.06 bits per heavy atom. The van der Waals surface area contributed by atoms with Gasteiger partial charge in [-0.2, -0.15) is 0 Å². The molecule has 0 aliphatic rings. The molecule has 0 amide bonds. The van der Waals surface area contributed by atoms with Gasteiger partial charge in [0, 0.05) is 18.1 Å². The Bertz CT molecular complexity index is 363. The Kier molecular flexibility index (Phi) is 5.74. The molecule has 0 aliphatic carbocycles. The SMILES string of the molecule is OCCN(Cc1cc(F)ccc1Cl)CC(F)F. The highest BCUT2D eigenvalue weighted by Crippen LogP contribution is 2.19. The molecule has 0 radical (unpaired) electrons. The molecule has 0 saturated carbocycles. The minimum Gasteiger partial charge on any atom is -0.395 e. The highest BCUT2D eigenvalue weighted by atomic mass is 35.5. The van der Waals surface area contributed by atoms with E-state index in [1.165, 1.54) is 23.1 Å². The average molecular weight is 268 g/mol. The maximum Gasteiger partial charge on any atom is 0.251 e. The molecule has 0 saturated heterocycles. The Hall–Kier alpha value is -0.780. The lowest BCUT2D eigenvalue weighted by atomic mass is 10.2. The molecule has 0 aliphatic heterocycles. The van der Waals surface area contributed by atoms with E-state index in [2.05, 4.69) is 0 Å². The van der Waals surface area contributed by atoms with Crippen LogP contribution in [0.4, 0.5) is 13.2 Å². The Labute approximate surface area is 103 Å². The summed E-state index contributed by atoms with van der Waals surface area (Å²) in [7, 11) is 0. The fourth-order valence-corrected chi connectivity index (χ4v) is 1.65. The summed E-state index contributed by atoms with van der Waals surface area (Å²) in [6.45, 7) is -0.536. The van der Waals surface area contributed by atoms with Gasteiger partial charge in [-0.05, 0) is 23.8 Å². The second-order valence-corrected chi connectivity index (χ2v) is 3.99. The van der Waals surface area contributed by atoms with Gasteiger partial charge >= 0.3 is 0 Å². The number of rotatable bonds is 6. The molecule has 6 heteroatoms. The van der Waals surface area contributed by atoms with E-state index in [-0.39, 0.29) is 19.7 Å². The Morgan fingerprint density at radius 1 is 1.35 bits per heavy atom. The summed E-state index contributed by atoms with van der Waals surface area (Å²) < 4.78 is 37.5. The first-order chi connectivity index (χ1) is 8.02. The van der Waals surface area contributed by atoms with Gasteiger partial charge in [0.1, 0.15) is 5.82 Å². The van der Waals surface area contributed by atoms with Crippen LogP contribution in [0.3, 0.4) is 0 Å². The number of halogens is 4. The van der Waals surface area contributed by atoms with Crippen LogP contribution < -0.4 is 0 Å². The molecule has 0 unspecified atom stereocenters. The second kappa shape index (κ2) is 6.83. The molecular weight excluding hydrogens is 255 g/mol. The van der Waals surface area contributed by atoms with E-state index >= 15 is 0 Å². The highest BCUT2D eigenvalue weighted by Gasteiger charge is 2.13. The maximum atomic E-state index is 13.0. The number of alkyl halides is 2. The van der Waals surface area contributed by atoms with Crippen molar-refractivity contribution in [3.63, 3.8) is 0 Å². The van der Waals surface area contributed by atoms with Crippen molar-refractivity contribution < 1.29 is 18.3 Å². The van der Waals surface area contributed by atoms with E-state index in [1.807, 2.05) is 0 Å². The average Bonchev–Trinajstić information content (AvgIpc) is 2.23. The summed E-state index contributed by atoms with van der Waals surface area (Å²) in [4.78, 5) is 1.32. The van der Waals surface area contributed by atoms with Crippen molar-refractivity contribution in [3.8, 4) is 0 Å². The molecular formula is C11H13ClF3NO. The molecule has 17 heavy (non-hydrogen) atoms. The molecule has 1 rings (SSSR count). The zero-order valence-corrected chi connectivity index (χ0v) is 9.80. The topological polar surface area (TPSA) is 23.5 Å². The first kappa shape index (κ1) is 14.3. The predicted molar refractivity (Wildman–Crippen MR) is 59.8 cm³/mol. The summed E-state index contributed by atoms with van der Waals surface area (Å²) >= 11 is 5.83. The summed E-state index contributed by atoms with van der Waals surface area (Å²) in [5.74, 6) is -0.467. The van der Waals surface area contributed by atoms with Crippen molar-refractivity contribution in [1.82, 2.24) is 4.90 Å². The van der Waals surface area contributed by atoms with Gasteiger partial charge in [0.25, 0.3) is 6.43 Å². The van der Waals surface area contributed by atoms with Gasteiger partial charge < -0.3 is 5.11 Å². The Morgan fingerprint density at radius 3 is 2.65 bits per heavy atom.